The molecule has 1 rings (SSSR count). The number of hydrogen-bond donors (Lipinski definition) is 1. The minimum atomic E-state index is 0.523. The van der Waals surface area contributed by atoms with Crippen molar-refractivity contribution in [3.05, 3.63) is 17.0 Å². The van der Waals surface area contributed by atoms with E-state index in [0.29, 0.717) is 31.5 Å². The first-order chi connectivity index (χ1) is 8.79. The predicted molar refractivity (Wildman–Crippen MR) is 72.2 cm³/mol. The molecule has 1 N–H and O–H groups in total. The molecule has 1 heterocycles. The van der Waals surface area contributed by atoms with E-state index in [1.165, 1.54) is 6.33 Å². The van der Waals surface area contributed by atoms with Crippen molar-refractivity contribution in [3.8, 4) is 0 Å². The molecule has 0 atom stereocenters. The summed E-state index contributed by atoms with van der Waals surface area (Å²) in [5, 5.41) is 3.74. The molecule has 1 aromatic heterocycles. The molecule has 0 bridgehead atoms. The number of ether oxygens (including phenoxy) is 2. The lowest BCUT2D eigenvalue weighted by Crippen LogP contribution is -2.14. The van der Waals surface area contributed by atoms with Gasteiger partial charge in [-0.15, -0.1) is 0 Å². The minimum absolute atomic E-state index is 0.523. The van der Waals surface area contributed by atoms with Gasteiger partial charge in [-0.1, -0.05) is 24.9 Å². The van der Waals surface area contributed by atoms with Gasteiger partial charge in [0.2, 0.25) is 0 Å². The molecule has 0 saturated heterocycles. The Balaban J connectivity index is 2.39. The fourth-order valence-corrected chi connectivity index (χ4v) is 1.73. The second-order valence-electron chi connectivity index (χ2n) is 3.77. The van der Waals surface area contributed by atoms with Gasteiger partial charge in [0.05, 0.1) is 19.8 Å². The number of aromatic nitrogens is 2. The van der Waals surface area contributed by atoms with E-state index in [9.17, 15) is 0 Å². The Morgan fingerprint density at radius 1 is 1.28 bits per heavy atom. The fraction of sp³-hybridized carbons (Fsp3) is 0.667. The van der Waals surface area contributed by atoms with E-state index in [0.717, 1.165) is 24.2 Å². The van der Waals surface area contributed by atoms with Crippen molar-refractivity contribution < 1.29 is 9.47 Å². The lowest BCUT2D eigenvalue weighted by Gasteiger charge is -2.11. The minimum Gasteiger partial charge on any atom is -0.382 e. The highest BCUT2D eigenvalue weighted by molar-refractivity contribution is 6.30. The normalized spacial score (nSPS) is 10.6. The number of halogens is 1. The summed E-state index contributed by atoms with van der Waals surface area (Å²) >= 11 is 6.05. The Kier molecular flexibility index (Phi) is 7.64. The van der Waals surface area contributed by atoms with E-state index in [4.69, 9.17) is 21.1 Å². The summed E-state index contributed by atoms with van der Waals surface area (Å²) in [5.74, 6) is 0.798. The summed E-state index contributed by atoms with van der Waals surface area (Å²) in [7, 11) is 1.65. The quantitative estimate of drug-likeness (QED) is 0.552. The summed E-state index contributed by atoms with van der Waals surface area (Å²) in [4.78, 5) is 8.20. The number of hydrogen-bond acceptors (Lipinski definition) is 5. The van der Waals surface area contributed by atoms with Crippen LogP contribution in [-0.2, 0) is 15.9 Å². The molecule has 18 heavy (non-hydrogen) atoms. The van der Waals surface area contributed by atoms with Crippen LogP contribution in [0.3, 0.4) is 0 Å². The number of nitrogens with zero attached hydrogens (tertiary/aromatic N) is 2. The van der Waals surface area contributed by atoms with Crippen LogP contribution in [0.1, 0.15) is 18.9 Å². The SMILES string of the molecule is CCCc1c(Cl)ncnc1NCCOCCOC. The van der Waals surface area contributed by atoms with E-state index in [1.54, 1.807) is 7.11 Å². The molecule has 5 nitrogen and oxygen atoms in total. The summed E-state index contributed by atoms with van der Waals surface area (Å²) in [6.45, 7) is 4.61. The van der Waals surface area contributed by atoms with Gasteiger partial charge < -0.3 is 14.8 Å². The van der Waals surface area contributed by atoms with Gasteiger partial charge in [0.1, 0.15) is 17.3 Å². The molecular weight excluding hydrogens is 254 g/mol. The van der Waals surface area contributed by atoms with E-state index in [2.05, 4.69) is 22.2 Å². The van der Waals surface area contributed by atoms with Crippen molar-refractivity contribution in [3.63, 3.8) is 0 Å². The zero-order valence-corrected chi connectivity index (χ0v) is 11.7. The van der Waals surface area contributed by atoms with Crippen molar-refractivity contribution in [1.82, 2.24) is 9.97 Å². The van der Waals surface area contributed by atoms with Crippen molar-refractivity contribution in [1.29, 1.82) is 0 Å². The molecule has 6 heteroatoms. The third-order valence-electron chi connectivity index (χ3n) is 2.36. The average molecular weight is 274 g/mol. The standard InChI is InChI=1S/C12H20ClN3O2/c1-3-4-10-11(13)15-9-16-12(10)14-5-6-18-8-7-17-2/h9H,3-8H2,1-2H3,(H,14,15,16). The monoisotopic (exact) mass is 273 g/mol. The number of methoxy groups -OCH3 is 1. The predicted octanol–water partition coefficient (Wildman–Crippen LogP) is 2.16. The third-order valence-corrected chi connectivity index (χ3v) is 2.69. The van der Waals surface area contributed by atoms with Gasteiger partial charge >= 0.3 is 0 Å². The maximum absolute atomic E-state index is 6.05. The second kappa shape index (κ2) is 9.08. The van der Waals surface area contributed by atoms with Crippen LogP contribution in [0.25, 0.3) is 0 Å². The van der Waals surface area contributed by atoms with Crippen molar-refractivity contribution >= 4 is 17.4 Å². The van der Waals surface area contributed by atoms with E-state index < -0.39 is 0 Å². The molecule has 0 unspecified atom stereocenters. The second-order valence-corrected chi connectivity index (χ2v) is 4.13. The van der Waals surface area contributed by atoms with E-state index >= 15 is 0 Å². The molecule has 0 spiro atoms. The molecule has 0 fully saturated rings. The van der Waals surface area contributed by atoms with Crippen LogP contribution in [0.4, 0.5) is 5.82 Å². The summed E-state index contributed by atoms with van der Waals surface area (Å²) in [5.41, 5.74) is 0.971. The van der Waals surface area contributed by atoms with Gasteiger partial charge in [0.25, 0.3) is 0 Å². The molecule has 0 saturated carbocycles. The van der Waals surface area contributed by atoms with Gasteiger partial charge in [0, 0.05) is 19.2 Å². The van der Waals surface area contributed by atoms with Crippen LogP contribution >= 0.6 is 11.6 Å². The summed E-state index contributed by atoms with van der Waals surface area (Å²) in [6.07, 6.45) is 3.34. The van der Waals surface area contributed by atoms with E-state index in [1.807, 2.05) is 0 Å². The highest BCUT2D eigenvalue weighted by Crippen LogP contribution is 2.20. The largest absolute Gasteiger partial charge is 0.382 e. The molecule has 0 aliphatic carbocycles. The van der Waals surface area contributed by atoms with Crippen LogP contribution in [-0.4, -0.2) is 43.4 Å². The summed E-state index contributed by atoms with van der Waals surface area (Å²) in [6, 6.07) is 0. The van der Waals surface area contributed by atoms with Crippen molar-refractivity contribution in [2.24, 2.45) is 0 Å². The van der Waals surface area contributed by atoms with Gasteiger partial charge in [-0.2, -0.15) is 0 Å². The molecule has 0 amide bonds. The Morgan fingerprint density at radius 2 is 2.11 bits per heavy atom. The maximum Gasteiger partial charge on any atom is 0.137 e. The van der Waals surface area contributed by atoms with Gasteiger partial charge in [-0.25, -0.2) is 9.97 Å². The summed E-state index contributed by atoms with van der Waals surface area (Å²) < 4.78 is 10.3. The highest BCUT2D eigenvalue weighted by Gasteiger charge is 2.08. The molecular formula is C12H20ClN3O2. The molecule has 0 aliphatic rings. The number of rotatable bonds is 9. The highest BCUT2D eigenvalue weighted by atomic mass is 35.5. The lowest BCUT2D eigenvalue weighted by atomic mass is 10.2. The lowest BCUT2D eigenvalue weighted by molar-refractivity contribution is 0.0759. The Labute approximate surface area is 113 Å². The average Bonchev–Trinajstić information content (AvgIpc) is 2.37. The first-order valence-electron chi connectivity index (χ1n) is 6.09. The Hall–Kier alpha value is -0.910. The Bertz CT molecular complexity index is 350. The van der Waals surface area contributed by atoms with Crippen molar-refractivity contribution in [2.45, 2.75) is 19.8 Å². The molecule has 0 aromatic carbocycles. The number of nitrogens with one attached hydrogen (secondary N) is 1. The maximum atomic E-state index is 6.05. The zero-order valence-electron chi connectivity index (χ0n) is 10.9. The zero-order chi connectivity index (χ0) is 13.2. The van der Waals surface area contributed by atoms with Gasteiger partial charge in [-0.05, 0) is 6.42 Å². The Morgan fingerprint density at radius 3 is 2.83 bits per heavy atom. The molecule has 0 aliphatic heterocycles. The van der Waals surface area contributed by atoms with Crippen LogP contribution in [0.5, 0.6) is 0 Å². The van der Waals surface area contributed by atoms with Crippen LogP contribution in [0, 0.1) is 0 Å². The van der Waals surface area contributed by atoms with Crippen LogP contribution < -0.4 is 5.32 Å². The smallest absolute Gasteiger partial charge is 0.137 e. The van der Waals surface area contributed by atoms with Gasteiger partial charge in [0.15, 0.2) is 0 Å². The first-order valence-corrected chi connectivity index (χ1v) is 6.47. The van der Waals surface area contributed by atoms with E-state index in [-0.39, 0.29) is 0 Å². The molecule has 0 radical (unpaired) electrons. The van der Waals surface area contributed by atoms with Crippen molar-refractivity contribution in [2.75, 3.05) is 38.8 Å². The molecule has 1 aromatic rings. The third kappa shape index (κ3) is 5.16. The fourth-order valence-electron chi connectivity index (χ4n) is 1.50. The topological polar surface area (TPSA) is 56.3 Å². The molecule has 102 valence electrons. The first kappa shape index (κ1) is 15.1. The van der Waals surface area contributed by atoms with Gasteiger partial charge in [-0.3, -0.25) is 0 Å². The van der Waals surface area contributed by atoms with Crippen LogP contribution in [0.15, 0.2) is 6.33 Å². The number of anilines is 1. The van der Waals surface area contributed by atoms with Crippen LogP contribution in [0.2, 0.25) is 5.15 Å².